The van der Waals surface area contributed by atoms with E-state index in [0.717, 1.165) is 24.6 Å². The van der Waals surface area contributed by atoms with Crippen molar-refractivity contribution in [3.05, 3.63) is 64.7 Å². The number of benzene rings is 1. The van der Waals surface area contributed by atoms with Crippen molar-refractivity contribution in [2.75, 3.05) is 13.1 Å². The largest absolute Gasteiger partial charge is 0.433 e. The van der Waals surface area contributed by atoms with E-state index in [9.17, 15) is 22.4 Å². The second-order valence-corrected chi connectivity index (χ2v) is 7.41. The summed E-state index contributed by atoms with van der Waals surface area (Å²) in [5, 5.41) is 0. The lowest BCUT2D eigenvalue weighted by molar-refractivity contribution is -0.140. The van der Waals surface area contributed by atoms with Crippen molar-refractivity contribution in [2.45, 2.75) is 31.9 Å². The lowest BCUT2D eigenvalue weighted by atomic mass is 9.94. The van der Waals surface area contributed by atoms with E-state index in [4.69, 9.17) is 0 Å². The molecule has 0 unspecified atom stereocenters. The number of alkyl halides is 3. The summed E-state index contributed by atoms with van der Waals surface area (Å²) in [5.74, 6) is -0.722. The lowest BCUT2D eigenvalue weighted by Gasteiger charge is -2.32. The molecule has 3 heterocycles. The quantitative estimate of drug-likeness (QED) is 0.607. The van der Waals surface area contributed by atoms with E-state index >= 15 is 0 Å². The SMILES string of the molecule is Cc1ccc(C(=O)N2CCC[C@H](c3cc4nc(C(F)(F)F)ccc4[nH]3)C2)cc1F. The first-order valence-electron chi connectivity index (χ1n) is 9.34. The summed E-state index contributed by atoms with van der Waals surface area (Å²) in [6.07, 6.45) is -2.95. The van der Waals surface area contributed by atoms with E-state index in [0.29, 0.717) is 29.7 Å². The molecule has 152 valence electrons. The van der Waals surface area contributed by atoms with Crippen LogP contribution in [0.1, 0.15) is 46.1 Å². The number of fused-ring (bicyclic) bond motifs is 1. The third-order valence-electron chi connectivity index (χ3n) is 5.35. The van der Waals surface area contributed by atoms with Crippen molar-refractivity contribution < 1.29 is 22.4 Å². The summed E-state index contributed by atoms with van der Waals surface area (Å²) in [6, 6.07) is 8.36. The molecule has 1 aliphatic heterocycles. The Kier molecular flexibility index (Phi) is 4.80. The van der Waals surface area contributed by atoms with Gasteiger partial charge in [-0.2, -0.15) is 13.2 Å². The third kappa shape index (κ3) is 3.83. The van der Waals surface area contributed by atoms with E-state index < -0.39 is 17.7 Å². The average molecular weight is 405 g/mol. The standard InChI is InChI=1S/C21H19F4N3O/c1-12-4-5-13(9-15(12)22)20(29)28-8-2-3-14(11-28)17-10-18-16(26-17)6-7-19(27-18)21(23,24)25/h4-7,9-10,14,26H,2-3,8,11H2,1H3/t14-/m0/s1. The molecular formula is C21H19F4N3O. The molecule has 2 aromatic heterocycles. The Morgan fingerprint density at radius 3 is 2.72 bits per heavy atom. The molecular weight excluding hydrogens is 386 g/mol. The highest BCUT2D eigenvalue weighted by Gasteiger charge is 2.33. The zero-order chi connectivity index (χ0) is 20.8. The maximum Gasteiger partial charge on any atom is 0.433 e. The number of carbonyl (C=O) groups is 1. The highest BCUT2D eigenvalue weighted by molar-refractivity contribution is 5.94. The van der Waals surface area contributed by atoms with Crippen LogP contribution in [0.25, 0.3) is 11.0 Å². The number of halogens is 4. The van der Waals surface area contributed by atoms with Gasteiger partial charge in [-0.3, -0.25) is 4.79 Å². The van der Waals surface area contributed by atoms with Crippen molar-refractivity contribution in [3.63, 3.8) is 0 Å². The number of aromatic nitrogens is 2. The number of piperidine rings is 1. The molecule has 0 bridgehead atoms. The van der Waals surface area contributed by atoms with Crippen LogP contribution in [0.15, 0.2) is 36.4 Å². The number of nitrogens with zero attached hydrogens (tertiary/aromatic N) is 2. The monoisotopic (exact) mass is 405 g/mol. The number of carbonyl (C=O) groups excluding carboxylic acids is 1. The first-order valence-corrected chi connectivity index (χ1v) is 9.34. The van der Waals surface area contributed by atoms with E-state index in [1.165, 1.54) is 12.1 Å². The summed E-state index contributed by atoms with van der Waals surface area (Å²) in [5.41, 5.74) is 1.36. The number of hydrogen-bond donors (Lipinski definition) is 1. The van der Waals surface area contributed by atoms with Gasteiger partial charge in [0.15, 0.2) is 0 Å². The van der Waals surface area contributed by atoms with E-state index in [1.807, 2.05) is 0 Å². The number of pyridine rings is 1. The Bertz CT molecular complexity index is 1070. The van der Waals surface area contributed by atoms with Gasteiger partial charge in [0.1, 0.15) is 11.5 Å². The highest BCUT2D eigenvalue weighted by atomic mass is 19.4. The van der Waals surface area contributed by atoms with Gasteiger partial charge in [-0.05, 0) is 55.7 Å². The minimum atomic E-state index is -4.50. The second-order valence-electron chi connectivity index (χ2n) is 7.41. The van der Waals surface area contributed by atoms with Gasteiger partial charge in [0.25, 0.3) is 5.91 Å². The summed E-state index contributed by atoms with van der Waals surface area (Å²) >= 11 is 0. The van der Waals surface area contributed by atoms with Gasteiger partial charge in [0.2, 0.25) is 0 Å². The summed E-state index contributed by atoms with van der Waals surface area (Å²) in [4.78, 5) is 21.3. The molecule has 1 aromatic carbocycles. The fourth-order valence-corrected chi connectivity index (χ4v) is 3.73. The van der Waals surface area contributed by atoms with Crippen molar-refractivity contribution in [1.82, 2.24) is 14.9 Å². The Morgan fingerprint density at radius 1 is 1.21 bits per heavy atom. The molecule has 1 fully saturated rings. The molecule has 3 aromatic rings. The van der Waals surface area contributed by atoms with Gasteiger partial charge in [-0.15, -0.1) is 0 Å². The molecule has 1 saturated heterocycles. The van der Waals surface area contributed by atoms with Crippen molar-refractivity contribution in [3.8, 4) is 0 Å². The number of hydrogen-bond acceptors (Lipinski definition) is 2. The van der Waals surface area contributed by atoms with Crippen LogP contribution in [-0.2, 0) is 6.18 Å². The number of aromatic amines is 1. The Labute approximate surface area is 164 Å². The second kappa shape index (κ2) is 7.17. The Balaban J connectivity index is 1.56. The van der Waals surface area contributed by atoms with Gasteiger partial charge in [-0.1, -0.05) is 6.07 Å². The number of rotatable bonds is 2. The Morgan fingerprint density at radius 2 is 2.00 bits per heavy atom. The summed E-state index contributed by atoms with van der Waals surface area (Å²) < 4.78 is 52.5. The number of H-pyrrole nitrogens is 1. The zero-order valence-corrected chi connectivity index (χ0v) is 15.7. The summed E-state index contributed by atoms with van der Waals surface area (Å²) in [6.45, 7) is 2.60. The topological polar surface area (TPSA) is 49.0 Å². The van der Waals surface area contributed by atoms with Crippen LogP contribution in [0.5, 0.6) is 0 Å². The van der Waals surface area contributed by atoms with Crippen LogP contribution in [0.3, 0.4) is 0 Å². The number of likely N-dealkylation sites (tertiary alicyclic amines) is 1. The predicted molar refractivity (Wildman–Crippen MR) is 100 cm³/mol. The smallest absolute Gasteiger partial charge is 0.357 e. The van der Waals surface area contributed by atoms with Gasteiger partial charge in [0.05, 0.1) is 11.0 Å². The fraction of sp³-hybridized carbons (Fsp3) is 0.333. The molecule has 1 N–H and O–H groups in total. The molecule has 8 heteroatoms. The van der Waals surface area contributed by atoms with Gasteiger partial charge >= 0.3 is 6.18 Å². The molecule has 4 rings (SSSR count). The van der Waals surface area contributed by atoms with Crippen LogP contribution in [-0.4, -0.2) is 33.9 Å². The molecule has 0 spiro atoms. The minimum Gasteiger partial charge on any atom is -0.357 e. The van der Waals surface area contributed by atoms with E-state index in [1.54, 1.807) is 30.0 Å². The van der Waals surface area contributed by atoms with Gasteiger partial charge in [-0.25, -0.2) is 9.37 Å². The van der Waals surface area contributed by atoms with Crippen molar-refractivity contribution in [1.29, 1.82) is 0 Å². The lowest BCUT2D eigenvalue weighted by Crippen LogP contribution is -2.39. The number of amides is 1. The van der Waals surface area contributed by atoms with E-state index in [2.05, 4.69) is 9.97 Å². The molecule has 0 aliphatic carbocycles. The van der Waals surface area contributed by atoms with Crippen LogP contribution in [0.4, 0.5) is 17.6 Å². The maximum absolute atomic E-state index is 13.8. The predicted octanol–water partition coefficient (Wildman–Crippen LogP) is 5.05. The van der Waals surface area contributed by atoms with Crippen LogP contribution >= 0.6 is 0 Å². The molecule has 0 radical (unpaired) electrons. The summed E-state index contributed by atoms with van der Waals surface area (Å²) in [7, 11) is 0. The van der Waals surface area contributed by atoms with Gasteiger partial charge < -0.3 is 9.88 Å². The van der Waals surface area contributed by atoms with Crippen molar-refractivity contribution in [2.24, 2.45) is 0 Å². The molecule has 1 amide bonds. The highest BCUT2D eigenvalue weighted by Crippen LogP contribution is 2.32. The number of nitrogens with one attached hydrogen (secondary N) is 1. The number of aryl methyl sites for hydroxylation is 1. The zero-order valence-electron chi connectivity index (χ0n) is 15.7. The van der Waals surface area contributed by atoms with Crippen LogP contribution in [0.2, 0.25) is 0 Å². The van der Waals surface area contributed by atoms with Gasteiger partial charge in [0, 0.05) is 30.3 Å². The maximum atomic E-state index is 13.8. The molecule has 4 nitrogen and oxygen atoms in total. The first kappa shape index (κ1) is 19.4. The molecule has 1 atom stereocenters. The molecule has 29 heavy (non-hydrogen) atoms. The third-order valence-corrected chi connectivity index (χ3v) is 5.35. The Hall–Kier alpha value is -2.90. The fourth-order valence-electron chi connectivity index (χ4n) is 3.73. The van der Waals surface area contributed by atoms with Crippen molar-refractivity contribution >= 4 is 16.9 Å². The molecule has 1 aliphatic rings. The molecule has 0 saturated carbocycles. The van der Waals surface area contributed by atoms with Crippen LogP contribution in [0, 0.1) is 12.7 Å². The normalized spacial score (nSPS) is 17.7. The minimum absolute atomic E-state index is 0.0495. The first-order chi connectivity index (χ1) is 13.7. The van der Waals surface area contributed by atoms with E-state index in [-0.39, 0.29) is 17.3 Å². The van der Waals surface area contributed by atoms with Crippen LogP contribution < -0.4 is 0 Å². The average Bonchev–Trinajstić information content (AvgIpc) is 3.12.